The number of para-hydroxylation sites is 1. The van der Waals surface area contributed by atoms with Crippen LogP contribution in [0.1, 0.15) is 56.6 Å². The number of anilines is 2. The average molecular weight is 472 g/mol. The van der Waals surface area contributed by atoms with Crippen LogP contribution < -0.4 is 10.6 Å². The first-order chi connectivity index (χ1) is 16.1. The highest BCUT2D eigenvalue weighted by Gasteiger charge is 2.50. The van der Waals surface area contributed by atoms with Gasteiger partial charge in [-0.15, -0.1) is 0 Å². The summed E-state index contributed by atoms with van der Waals surface area (Å²) in [5.74, 6) is -2.84. The number of ketones is 1. The van der Waals surface area contributed by atoms with Crippen molar-refractivity contribution >= 4 is 23.1 Å². The van der Waals surface area contributed by atoms with Crippen molar-refractivity contribution in [2.24, 2.45) is 5.41 Å². The molecule has 0 unspecified atom stereocenters. The van der Waals surface area contributed by atoms with E-state index in [-0.39, 0.29) is 17.3 Å². The van der Waals surface area contributed by atoms with Crippen LogP contribution >= 0.6 is 0 Å². The second-order valence-corrected chi connectivity index (χ2v) is 9.69. The molecule has 34 heavy (non-hydrogen) atoms. The topological polar surface area (TPSA) is 61.4 Å². The van der Waals surface area contributed by atoms with E-state index in [1.165, 1.54) is 6.07 Å². The van der Waals surface area contributed by atoms with Crippen LogP contribution in [0, 0.1) is 5.41 Å². The first-order valence-corrected chi connectivity index (χ1v) is 11.9. The summed E-state index contributed by atoms with van der Waals surface area (Å²) in [4.78, 5) is 27.2. The van der Waals surface area contributed by atoms with Crippen molar-refractivity contribution in [3.63, 3.8) is 0 Å². The molecule has 0 atom stereocenters. The lowest BCUT2D eigenvalue weighted by molar-refractivity contribution is -0.131. The number of hydrogen-bond acceptors (Lipinski definition) is 4. The lowest BCUT2D eigenvalue weighted by Gasteiger charge is -2.17. The number of Topliss-reactive ketones (excluding diaryl/α,β-unsaturated/α-hetero) is 1. The molecule has 2 N–H and O–H groups in total. The van der Waals surface area contributed by atoms with Gasteiger partial charge in [-0.05, 0) is 70.1 Å². The van der Waals surface area contributed by atoms with Gasteiger partial charge in [-0.3, -0.25) is 9.59 Å². The van der Waals surface area contributed by atoms with Gasteiger partial charge < -0.3 is 15.5 Å². The number of alkyl halides is 2. The molecule has 2 aromatic rings. The Morgan fingerprint density at radius 1 is 1.03 bits per heavy atom. The maximum absolute atomic E-state index is 13.8. The minimum atomic E-state index is -2.94. The number of nitrogens with one attached hydrogen (secondary N) is 2. The molecular weight excluding hydrogens is 436 g/mol. The molecular formula is C27H35F2N3O2. The molecule has 1 saturated carbocycles. The van der Waals surface area contributed by atoms with Gasteiger partial charge in [0.25, 0.3) is 5.92 Å². The standard InChI is InChI=1S/C27H35F2N3O2/c1-26(28,29)23-9-4-5-10-24(23)31-21-13-11-20(12-14-21)19-30-25(34)27(15-16-27)18-22(33)8-6-7-17-32(2)3/h4-5,9-14,31H,6-8,15-19H2,1-3H3,(H,30,34). The zero-order chi connectivity index (χ0) is 24.8. The van der Waals surface area contributed by atoms with Crippen molar-refractivity contribution in [3.8, 4) is 0 Å². The highest BCUT2D eigenvalue weighted by molar-refractivity contribution is 5.91. The van der Waals surface area contributed by atoms with Crippen LogP contribution in [0.15, 0.2) is 48.5 Å². The second kappa shape index (κ2) is 11.1. The van der Waals surface area contributed by atoms with Crippen LogP contribution in [-0.4, -0.2) is 37.2 Å². The third kappa shape index (κ3) is 7.35. The van der Waals surface area contributed by atoms with E-state index in [4.69, 9.17) is 0 Å². The molecule has 0 spiro atoms. The van der Waals surface area contributed by atoms with E-state index in [9.17, 15) is 18.4 Å². The van der Waals surface area contributed by atoms with Gasteiger partial charge in [0, 0.05) is 43.2 Å². The van der Waals surface area contributed by atoms with E-state index in [0.717, 1.165) is 44.7 Å². The summed E-state index contributed by atoms with van der Waals surface area (Å²) in [5.41, 5.74) is 1.35. The van der Waals surface area contributed by atoms with Gasteiger partial charge in [-0.25, -0.2) is 8.78 Å². The van der Waals surface area contributed by atoms with Gasteiger partial charge in [0.2, 0.25) is 5.91 Å². The molecule has 3 rings (SSSR count). The first kappa shape index (κ1) is 25.8. The Morgan fingerprint density at radius 2 is 1.71 bits per heavy atom. The minimum Gasteiger partial charge on any atom is -0.355 e. The van der Waals surface area contributed by atoms with E-state index in [1.807, 2.05) is 26.2 Å². The fourth-order valence-electron chi connectivity index (χ4n) is 4.06. The molecule has 0 aromatic heterocycles. The molecule has 1 aliphatic carbocycles. The number of unbranched alkanes of at least 4 members (excludes halogenated alkanes) is 1. The number of hydrogen-bond donors (Lipinski definition) is 2. The quantitative estimate of drug-likeness (QED) is 0.372. The normalized spacial score (nSPS) is 14.6. The maximum Gasteiger partial charge on any atom is 0.272 e. The van der Waals surface area contributed by atoms with Crippen molar-refractivity contribution in [1.82, 2.24) is 10.2 Å². The lowest BCUT2D eigenvalue weighted by atomic mass is 9.95. The smallest absolute Gasteiger partial charge is 0.272 e. The van der Waals surface area contributed by atoms with Gasteiger partial charge >= 0.3 is 0 Å². The van der Waals surface area contributed by atoms with Gasteiger partial charge in [0.15, 0.2) is 0 Å². The molecule has 1 fully saturated rings. The Morgan fingerprint density at radius 3 is 2.32 bits per heavy atom. The Hall–Kier alpha value is -2.80. The molecule has 184 valence electrons. The maximum atomic E-state index is 13.8. The number of amides is 1. The molecule has 0 bridgehead atoms. The number of carbonyl (C=O) groups is 2. The zero-order valence-electron chi connectivity index (χ0n) is 20.3. The van der Waals surface area contributed by atoms with Crippen LogP contribution in [0.4, 0.5) is 20.2 Å². The van der Waals surface area contributed by atoms with Crippen molar-refractivity contribution < 1.29 is 18.4 Å². The van der Waals surface area contributed by atoms with Gasteiger partial charge in [-0.1, -0.05) is 30.3 Å². The number of nitrogens with zero attached hydrogens (tertiary/aromatic N) is 1. The molecule has 0 saturated heterocycles. The van der Waals surface area contributed by atoms with Crippen LogP contribution in [0.2, 0.25) is 0 Å². The highest BCUT2D eigenvalue weighted by atomic mass is 19.3. The molecule has 7 heteroatoms. The summed E-state index contributed by atoms with van der Waals surface area (Å²) in [5, 5.41) is 6.02. The Balaban J connectivity index is 1.48. The summed E-state index contributed by atoms with van der Waals surface area (Å²) in [7, 11) is 4.03. The Kier molecular flexibility index (Phi) is 8.42. The molecule has 5 nitrogen and oxygen atoms in total. The number of halogens is 2. The monoisotopic (exact) mass is 471 g/mol. The molecule has 0 radical (unpaired) electrons. The first-order valence-electron chi connectivity index (χ1n) is 11.9. The number of rotatable bonds is 13. The van der Waals surface area contributed by atoms with E-state index >= 15 is 0 Å². The predicted octanol–water partition coefficient (Wildman–Crippen LogP) is 5.63. The van der Waals surface area contributed by atoms with Gasteiger partial charge in [-0.2, -0.15) is 0 Å². The van der Waals surface area contributed by atoms with Crippen LogP contribution in [0.3, 0.4) is 0 Å². The number of benzene rings is 2. The zero-order valence-corrected chi connectivity index (χ0v) is 20.3. The summed E-state index contributed by atoms with van der Waals surface area (Å²) < 4.78 is 27.7. The van der Waals surface area contributed by atoms with E-state index in [1.54, 1.807) is 30.3 Å². The Bertz CT molecular complexity index is 980. The van der Waals surface area contributed by atoms with E-state index in [0.29, 0.717) is 30.8 Å². The summed E-state index contributed by atoms with van der Waals surface area (Å²) in [6.07, 6.45) is 4.21. The average Bonchev–Trinajstić information content (AvgIpc) is 3.56. The summed E-state index contributed by atoms with van der Waals surface area (Å²) in [6, 6.07) is 13.6. The third-order valence-corrected chi connectivity index (χ3v) is 6.27. The number of carbonyl (C=O) groups excluding carboxylic acids is 2. The summed E-state index contributed by atoms with van der Waals surface area (Å²) in [6.45, 7) is 2.21. The third-order valence-electron chi connectivity index (χ3n) is 6.27. The fourth-order valence-corrected chi connectivity index (χ4v) is 4.06. The Labute approximate surface area is 200 Å². The molecule has 2 aromatic carbocycles. The van der Waals surface area contributed by atoms with E-state index < -0.39 is 11.3 Å². The van der Waals surface area contributed by atoms with Gasteiger partial charge in [0.05, 0.1) is 5.41 Å². The predicted molar refractivity (Wildman–Crippen MR) is 131 cm³/mol. The molecule has 0 aliphatic heterocycles. The van der Waals surface area contributed by atoms with Crippen molar-refractivity contribution in [2.75, 3.05) is 26.0 Å². The van der Waals surface area contributed by atoms with Crippen LogP contribution in [0.25, 0.3) is 0 Å². The van der Waals surface area contributed by atoms with Crippen molar-refractivity contribution in [1.29, 1.82) is 0 Å². The highest BCUT2D eigenvalue weighted by Crippen LogP contribution is 2.49. The largest absolute Gasteiger partial charge is 0.355 e. The molecule has 1 amide bonds. The van der Waals surface area contributed by atoms with Crippen molar-refractivity contribution in [2.45, 2.75) is 57.9 Å². The minimum absolute atomic E-state index is 0.0598. The van der Waals surface area contributed by atoms with Gasteiger partial charge in [0.1, 0.15) is 5.78 Å². The SMILES string of the molecule is CN(C)CCCCC(=O)CC1(C(=O)NCc2ccc(Nc3ccccc3C(C)(F)F)cc2)CC1. The van der Waals surface area contributed by atoms with Crippen molar-refractivity contribution in [3.05, 3.63) is 59.7 Å². The lowest BCUT2D eigenvalue weighted by Crippen LogP contribution is -2.33. The van der Waals surface area contributed by atoms with Crippen LogP contribution in [0.5, 0.6) is 0 Å². The second-order valence-electron chi connectivity index (χ2n) is 9.69. The fraction of sp³-hybridized carbons (Fsp3) is 0.481. The van der Waals surface area contributed by atoms with E-state index in [2.05, 4.69) is 15.5 Å². The molecule has 0 heterocycles. The van der Waals surface area contributed by atoms with Crippen LogP contribution in [-0.2, 0) is 22.1 Å². The molecule has 1 aliphatic rings. The summed E-state index contributed by atoms with van der Waals surface area (Å²) >= 11 is 0.